The second kappa shape index (κ2) is 10.2. The molecule has 1 heterocycles. The number of nitrogens with zero attached hydrogens (tertiary/aromatic N) is 1. The largest absolute Gasteiger partial charge is 0.449 e. The third kappa shape index (κ3) is 5.70. The molecule has 1 fully saturated rings. The van der Waals surface area contributed by atoms with Gasteiger partial charge < -0.3 is 10.1 Å². The molecular weight excluding hydrogens is 404 g/mol. The summed E-state index contributed by atoms with van der Waals surface area (Å²) >= 11 is 0. The summed E-state index contributed by atoms with van der Waals surface area (Å²) in [7, 11) is -3.62. The first kappa shape index (κ1) is 22.5. The zero-order chi connectivity index (χ0) is 21.6. The predicted octanol–water partition coefficient (Wildman–Crippen LogP) is 3.02. The van der Waals surface area contributed by atoms with Crippen LogP contribution in [0.15, 0.2) is 40.8 Å². The summed E-state index contributed by atoms with van der Waals surface area (Å²) in [5.41, 5.74) is 1.48. The smallest absolute Gasteiger partial charge is 0.338 e. The third-order valence-corrected chi connectivity index (χ3v) is 7.45. The minimum Gasteiger partial charge on any atom is -0.449 e. The van der Waals surface area contributed by atoms with Crippen LogP contribution < -0.4 is 5.32 Å². The van der Waals surface area contributed by atoms with E-state index in [4.69, 9.17) is 4.74 Å². The van der Waals surface area contributed by atoms with Crippen LogP contribution >= 0.6 is 0 Å². The molecule has 8 heteroatoms. The van der Waals surface area contributed by atoms with Crippen LogP contribution in [0, 0.1) is 0 Å². The molecule has 1 saturated heterocycles. The van der Waals surface area contributed by atoms with Crippen molar-refractivity contribution in [3.8, 4) is 0 Å². The van der Waals surface area contributed by atoms with E-state index in [-0.39, 0.29) is 16.4 Å². The average molecular weight is 435 g/mol. The molecule has 164 valence electrons. The second-order valence-electron chi connectivity index (χ2n) is 7.84. The van der Waals surface area contributed by atoms with Crippen molar-refractivity contribution in [1.29, 1.82) is 0 Å². The Hall–Kier alpha value is -2.19. The molecule has 0 bridgehead atoms. The maximum Gasteiger partial charge on any atom is 0.338 e. The maximum atomic E-state index is 12.7. The van der Waals surface area contributed by atoms with Gasteiger partial charge in [-0.25, -0.2) is 13.2 Å². The lowest BCUT2D eigenvalue weighted by molar-refractivity contribution is -0.129. The molecule has 1 aliphatic carbocycles. The summed E-state index contributed by atoms with van der Waals surface area (Å²) in [6.45, 7) is 3.00. The normalized spacial score (nSPS) is 18.5. The molecule has 0 radical (unpaired) electrons. The molecule has 0 saturated carbocycles. The molecule has 1 aliphatic heterocycles. The molecular formula is C22H30N2O5S. The second-order valence-corrected chi connectivity index (χ2v) is 9.77. The highest BCUT2D eigenvalue weighted by Gasteiger charge is 2.28. The number of benzene rings is 1. The van der Waals surface area contributed by atoms with E-state index in [0.717, 1.165) is 32.1 Å². The molecule has 30 heavy (non-hydrogen) atoms. The van der Waals surface area contributed by atoms with Gasteiger partial charge in [0.15, 0.2) is 6.10 Å². The van der Waals surface area contributed by atoms with Gasteiger partial charge in [0.25, 0.3) is 5.91 Å². The van der Waals surface area contributed by atoms with Gasteiger partial charge in [-0.2, -0.15) is 4.31 Å². The standard InChI is InChI=1S/C22H30N2O5S/c1-17(21(25)23-13-12-18-8-3-2-4-9-18)29-22(26)19-10-7-11-20(16-19)30(27,28)24-14-5-6-15-24/h7-8,10-11,16-17H,2-6,9,12-15H2,1H3,(H,23,25). The van der Waals surface area contributed by atoms with Crippen LogP contribution in [0.25, 0.3) is 0 Å². The molecule has 3 rings (SSSR count). The minimum atomic E-state index is -3.62. The molecule has 1 aromatic rings. The first-order valence-corrected chi connectivity index (χ1v) is 12.1. The SMILES string of the molecule is CC(OC(=O)c1cccc(S(=O)(=O)N2CCCC2)c1)C(=O)NCCC1=CCCCC1. The highest BCUT2D eigenvalue weighted by atomic mass is 32.2. The Labute approximate surface area is 178 Å². The lowest BCUT2D eigenvalue weighted by Gasteiger charge is -2.17. The maximum absolute atomic E-state index is 12.7. The van der Waals surface area contributed by atoms with Gasteiger partial charge in [-0.3, -0.25) is 4.79 Å². The Kier molecular flexibility index (Phi) is 7.66. The monoisotopic (exact) mass is 434 g/mol. The number of nitrogens with one attached hydrogen (secondary N) is 1. The zero-order valence-corrected chi connectivity index (χ0v) is 18.2. The Morgan fingerprint density at radius 3 is 2.63 bits per heavy atom. The molecule has 1 amide bonds. The van der Waals surface area contributed by atoms with Gasteiger partial charge in [-0.1, -0.05) is 17.7 Å². The van der Waals surface area contributed by atoms with Crippen molar-refractivity contribution in [2.24, 2.45) is 0 Å². The Morgan fingerprint density at radius 1 is 1.17 bits per heavy atom. The van der Waals surface area contributed by atoms with Crippen LogP contribution in [0.3, 0.4) is 0 Å². The van der Waals surface area contributed by atoms with E-state index in [1.165, 1.54) is 53.9 Å². The van der Waals surface area contributed by atoms with E-state index in [2.05, 4.69) is 11.4 Å². The fourth-order valence-corrected chi connectivity index (χ4v) is 5.33. The van der Waals surface area contributed by atoms with E-state index >= 15 is 0 Å². The summed E-state index contributed by atoms with van der Waals surface area (Å²) in [5, 5.41) is 2.80. The fraction of sp³-hybridized carbons (Fsp3) is 0.545. The van der Waals surface area contributed by atoms with Crippen LogP contribution in [0.1, 0.15) is 62.2 Å². The van der Waals surface area contributed by atoms with Crippen LogP contribution in [0.2, 0.25) is 0 Å². The molecule has 1 unspecified atom stereocenters. The molecule has 7 nitrogen and oxygen atoms in total. The number of carbonyl (C=O) groups excluding carboxylic acids is 2. The first-order valence-electron chi connectivity index (χ1n) is 10.6. The summed E-state index contributed by atoms with van der Waals surface area (Å²) in [5.74, 6) is -1.08. The van der Waals surface area contributed by atoms with Crippen molar-refractivity contribution in [2.75, 3.05) is 19.6 Å². The lowest BCUT2D eigenvalue weighted by atomic mass is 9.97. The topological polar surface area (TPSA) is 92.8 Å². The first-order chi connectivity index (χ1) is 14.4. The van der Waals surface area contributed by atoms with Gasteiger partial charge in [0.2, 0.25) is 10.0 Å². The molecule has 0 spiro atoms. The number of amides is 1. The quantitative estimate of drug-likeness (QED) is 0.501. The molecule has 1 atom stereocenters. The third-order valence-electron chi connectivity index (χ3n) is 5.56. The van der Waals surface area contributed by atoms with Gasteiger partial charge in [0, 0.05) is 19.6 Å². The molecule has 0 aromatic heterocycles. The predicted molar refractivity (Wildman–Crippen MR) is 113 cm³/mol. The summed E-state index contributed by atoms with van der Waals surface area (Å²) in [6, 6.07) is 5.80. The summed E-state index contributed by atoms with van der Waals surface area (Å²) in [4.78, 5) is 24.8. The average Bonchev–Trinajstić information content (AvgIpc) is 3.30. The van der Waals surface area contributed by atoms with E-state index in [1.807, 2.05) is 0 Å². The molecule has 1 aromatic carbocycles. The number of hydrogen-bond donors (Lipinski definition) is 1. The number of hydrogen-bond acceptors (Lipinski definition) is 5. The van der Waals surface area contributed by atoms with Gasteiger partial charge >= 0.3 is 5.97 Å². The number of esters is 1. The fourth-order valence-electron chi connectivity index (χ4n) is 3.76. The van der Waals surface area contributed by atoms with Crippen molar-refractivity contribution in [3.05, 3.63) is 41.5 Å². The van der Waals surface area contributed by atoms with Crippen molar-refractivity contribution in [2.45, 2.75) is 62.9 Å². The Morgan fingerprint density at radius 2 is 1.93 bits per heavy atom. The summed E-state index contributed by atoms with van der Waals surface area (Å²) < 4.78 is 32.1. The number of carbonyl (C=O) groups is 2. The van der Waals surface area contributed by atoms with E-state index in [0.29, 0.717) is 19.6 Å². The van der Waals surface area contributed by atoms with Crippen molar-refractivity contribution in [1.82, 2.24) is 9.62 Å². The number of rotatable bonds is 8. The van der Waals surface area contributed by atoms with Gasteiger partial charge in [-0.15, -0.1) is 0 Å². The number of sulfonamides is 1. The highest BCUT2D eigenvalue weighted by molar-refractivity contribution is 7.89. The minimum absolute atomic E-state index is 0.0664. The Bertz CT molecular complexity index is 904. The number of ether oxygens (including phenoxy) is 1. The van der Waals surface area contributed by atoms with Crippen LogP contribution in [-0.2, 0) is 19.6 Å². The van der Waals surface area contributed by atoms with Crippen LogP contribution in [-0.4, -0.2) is 50.3 Å². The van der Waals surface area contributed by atoms with Crippen LogP contribution in [0.5, 0.6) is 0 Å². The highest BCUT2D eigenvalue weighted by Crippen LogP contribution is 2.22. The van der Waals surface area contributed by atoms with Crippen LogP contribution in [0.4, 0.5) is 0 Å². The van der Waals surface area contributed by atoms with E-state index < -0.39 is 22.1 Å². The Balaban J connectivity index is 1.54. The van der Waals surface area contributed by atoms with Crippen molar-refractivity contribution < 1.29 is 22.7 Å². The number of allylic oxidation sites excluding steroid dienone is 1. The van der Waals surface area contributed by atoms with Crippen molar-refractivity contribution >= 4 is 21.9 Å². The molecule has 2 aliphatic rings. The van der Waals surface area contributed by atoms with Gasteiger partial charge in [0.05, 0.1) is 10.5 Å². The van der Waals surface area contributed by atoms with Gasteiger partial charge in [0.1, 0.15) is 0 Å². The van der Waals surface area contributed by atoms with Crippen molar-refractivity contribution in [3.63, 3.8) is 0 Å². The zero-order valence-electron chi connectivity index (χ0n) is 17.4. The summed E-state index contributed by atoms with van der Waals surface area (Å²) in [6.07, 6.45) is 8.36. The van der Waals surface area contributed by atoms with Gasteiger partial charge in [-0.05, 0) is 70.1 Å². The van der Waals surface area contributed by atoms with E-state index in [9.17, 15) is 18.0 Å². The molecule has 1 N–H and O–H groups in total. The lowest BCUT2D eigenvalue weighted by Crippen LogP contribution is -2.36. The van der Waals surface area contributed by atoms with E-state index in [1.54, 1.807) is 0 Å².